The molecular formula is C15H11F2N3S. The van der Waals surface area contributed by atoms with E-state index in [1.54, 1.807) is 4.57 Å². The van der Waals surface area contributed by atoms with E-state index in [1.807, 2.05) is 30.3 Å². The molecule has 21 heavy (non-hydrogen) atoms. The van der Waals surface area contributed by atoms with Gasteiger partial charge in [0.15, 0.2) is 4.77 Å². The highest BCUT2D eigenvalue weighted by atomic mass is 32.1. The van der Waals surface area contributed by atoms with Crippen LogP contribution in [0.25, 0.3) is 5.69 Å². The Morgan fingerprint density at radius 1 is 1.10 bits per heavy atom. The molecule has 1 heterocycles. The van der Waals surface area contributed by atoms with Gasteiger partial charge in [0.05, 0.1) is 0 Å². The van der Waals surface area contributed by atoms with Gasteiger partial charge in [-0.2, -0.15) is 5.10 Å². The summed E-state index contributed by atoms with van der Waals surface area (Å²) in [6.45, 7) is 0. The molecule has 0 atom stereocenters. The average Bonchev–Trinajstić information content (AvgIpc) is 2.84. The molecule has 3 aromatic rings. The molecule has 0 unspecified atom stereocenters. The fourth-order valence-electron chi connectivity index (χ4n) is 2.13. The van der Waals surface area contributed by atoms with Gasteiger partial charge in [0.1, 0.15) is 17.5 Å². The fourth-order valence-corrected chi connectivity index (χ4v) is 2.38. The van der Waals surface area contributed by atoms with Gasteiger partial charge >= 0.3 is 0 Å². The molecule has 0 amide bonds. The Labute approximate surface area is 124 Å². The Morgan fingerprint density at radius 3 is 2.57 bits per heavy atom. The van der Waals surface area contributed by atoms with Gasteiger partial charge in [-0.1, -0.05) is 24.3 Å². The van der Waals surface area contributed by atoms with Gasteiger partial charge in [0.25, 0.3) is 0 Å². The van der Waals surface area contributed by atoms with Crippen molar-refractivity contribution in [1.82, 2.24) is 14.8 Å². The summed E-state index contributed by atoms with van der Waals surface area (Å²) in [5.41, 5.74) is 1.20. The van der Waals surface area contributed by atoms with Gasteiger partial charge in [-0.25, -0.2) is 8.78 Å². The lowest BCUT2D eigenvalue weighted by Gasteiger charge is -2.07. The van der Waals surface area contributed by atoms with Gasteiger partial charge in [0.2, 0.25) is 0 Å². The van der Waals surface area contributed by atoms with E-state index in [1.165, 1.54) is 12.1 Å². The fraction of sp³-hybridized carbons (Fsp3) is 0.0667. The van der Waals surface area contributed by atoms with E-state index in [0.29, 0.717) is 16.2 Å². The van der Waals surface area contributed by atoms with E-state index in [2.05, 4.69) is 10.2 Å². The Kier molecular flexibility index (Phi) is 3.62. The molecule has 0 fully saturated rings. The van der Waals surface area contributed by atoms with E-state index in [0.717, 1.165) is 11.8 Å². The minimum Gasteiger partial charge on any atom is -0.272 e. The molecule has 6 heteroatoms. The molecule has 3 nitrogen and oxygen atoms in total. The minimum atomic E-state index is -0.599. The lowest BCUT2D eigenvalue weighted by Crippen LogP contribution is -2.04. The first kappa shape index (κ1) is 13.6. The quantitative estimate of drug-likeness (QED) is 0.747. The molecule has 0 radical (unpaired) electrons. The highest BCUT2D eigenvalue weighted by Gasteiger charge is 2.12. The molecule has 3 rings (SSSR count). The summed E-state index contributed by atoms with van der Waals surface area (Å²) in [6.07, 6.45) is 0.216. The Morgan fingerprint density at radius 2 is 1.86 bits per heavy atom. The average molecular weight is 303 g/mol. The van der Waals surface area contributed by atoms with Crippen molar-refractivity contribution >= 4 is 12.2 Å². The number of aromatic amines is 1. The van der Waals surface area contributed by atoms with Crippen LogP contribution >= 0.6 is 12.2 Å². The summed E-state index contributed by atoms with van der Waals surface area (Å²) in [5, 5.41) is 6.84. The van der Waals surface area contributed by atoms with Crippen molar-refractivity contribution in [2.45, 2.75) is 6.42 Å². The van der Waals surface area contributed by atoms with Gasteiger partial charge < -0.3 is 0 Å². The van der Waals surface area contributed by atoms with Gasteiger partial charge in [-0.05, 0) is 36.0 Å². The Bertz CT molecular complexity index is 824. The third-order valence-electron chi connectivity index (χ3n) is 3.12. The molecule has 1 N–H and O–H groups in total. The monoisotopic (exact) mass is 303 g/mol. The summed E-state index contributed by atoms with van der Waals surface area (Å²) in [5.74, 6) is -0.626. The lowest BCUT2D eigenvalue weighted by atomic mass is 10.1. The smallest absolute Gasteiger partial charge is 0.199 e. The molecule has 0 saturated heterocycles. The standard InChI is InChI=1S/C15H11F2N3S/c16-11-7-6-10(13(17)9-11)8-14-18-19-15(21)20(14)12-4-2-1-3-5-12/h1-7,9H,8H2,(H,19,21). The van der Waals surface area contributed by atoms with Crippen molar-refractivity contribution in [3.63, 3.8) is 0 Å². The largest absolute Gasteiger partial charge is 0.272 e. The van der Waals surface area contributed by atoms with Gasteiger partial charge in [0, 0.05) is 18.2 Å². The van der Waals surface area contributed by atoms with Crippen LogP contribution < -0.4 is 0 Å². The van der Waals surface area contributed by atoms with Crippen LogP contribution in [0.15, 0.2) is 48.5 Å². The third-order valence-corrected chi connectivity index (χ3v) is 3.39. The SMILES string of the molecule is Fc1ccc(Cc2n[nH]c(=S)n2-c2ccccc2)c(F)c1. The van der Waals surface area contributed by atoms with E-state index in [4.69, 9.17) is 12.2 Å². The maximum absolute atomic E-state index is 13.8. The molecule has 0 spiro atoms. The highest BCUT2D eigenvalue weighted by Crippen LogP contribution is 2.17. The van der Waals surface area contributed by atoms with E-state index >= 15 is 0 Å². The zero-order valence-corrected chi connectivity index (χ0v) is 11.7. The molecule has 2 aromatic carbocycles. The number of hydrogen-bond donors (Lipinski definition) is 1. The number of hydrogen-bond acceptors (Lipinski definition) is 2. The van der Waals surface area contributed by atoms with Crippen LogP contribution in [-0.4, -0.2) is 14.8 Å². The van der Waals surface area contributed by atoms with Crippen LogP contribution in [0, 0.1) is 16.4 Å². The predicted octanol–water partition coefficient (Wildman–Crippen LogP) is 3.80. The lowest BCUT2D eigenvalue weighted by molar-refractivity contribution is 0.573. The van der Waals surface area contributed by atoms with Crippen LogP contribution in [0.1, 0.15) is 11.4 Å². The maximum Gasteiger partial charge on any atom is 0.199 e. The van der Waals surface area contributed by atoms with Crippen molar-refractivity contribution in [1.29, 1.82) is 0 Å². The van der Waals surface area contributed by atoms with Crippen molar-refractivity contribution in [2.75, 3.05) is 0 Å². The van der Waals surface area contributed by atoms with Crippen molar-refractivity contribution in [2.24, 2.45) is 0 Å². The molecule has 0 bridgehead atoms. The van der Waals surface area contributed by atoms with E-state index in [9.17, 15) is 8.78 Å². The molecule has 0 aliphatic heterocycles. The van der Waals surface area contributed by atoms with Crippen molar-refractivity contribution in [3.05, 3.63) is 76.3 Å². The maximum atomic E-state index is 13.8. The topological polar surface area (TPSA) is 33.6 Å². The number of benzene rings is 2. The molecule has 0 aliphatic carbocycles. The summed E-state index contributed by atoms with van der Waals surface area (Å²) >= 11 is 5.22. The first-order chi connectivity index (χ1) is 10.1. The van der Waals surface area contributed by atoms with Crippen LogP contribution in [0.4, 0.5) is 8.78 Å². The summed E-state index contributed by atoms with van der Waals surface area (Å²) < 4.78 is 28.9. The molecule has 0 saturated carbocycles. The van der Waals surface area contributed by atoms with Gasteiger partial charge in [-0.3, -0.25) is 9.67 Å². The highest BCUT2D eigenvalue weighted by molar-refractivity contribution is 7.71. The zero-order valence-electron chi connectivity index (χ0n) is 10.9. The second-order valence-corrected chi connectivity index (χ2v) is 4.92. The minimum absolute atomic E-state index is 0.216. The van der Waals surface area contributed by atoms with E-state index in [-0.39, 0.29) is 6.42 Å². The molecular weight excluding hydrogens is 292 g/mol. The Hall–Kier alpha value is -2.34. The Balaban J connectivity index is 2.03. The molecule has 106 valence electrons. The first-order valence-electron chi connectivity index (χ1n) is 6.31. The molecule has 1 aromatic heterocycles. The second kappa shape index (κ2) is 5.57. The second-order valence-electron chi connectivity index (χ2n) is 4.53. The van der Waals surface area contributed by atoms with Crippen LogP contribution in [0.3, 0.4) is 0 Å². The number of H-pyrrole nitrogens is 1. The third kappa shape index (κ3) is 2.75. The summed E-state index contributed by atoms with van der Waals surface area (Å²) in [7, 11) is 0. The number of nitrogens with one attached hydrogen (secondary N) is 1. The number of halogens is 2. The van der Waals surface area contributed by atoms with E-state index < -0.39 is 11.6 Å². The first-order valence-corrected chi connectivity index (χ1v) is 6.71. The molecule has 0 aliphatic rings. The van der Waals surface area contributed by atoms with Crippen molar-refractivity contribution in [3.8, 4) is 5.69 Å². The number of para-hydroxylation sites is 1. The van der Waals surface area contributed by atoms with Crippen LogP contribution in [-0.2, 0) is 6.42 Å². The van der Waals surface area contributed by atoms with Gasteiger partial charge in [-0.15, -0.1) is 0 Å². The predicted molar refractivity (Wildman–Crippen MR) is 77.9 cm³/mol. The van der Waals surface area contributed by atoms with Crippen molar-refractivity contribution < 1.29 is 8.78 Å². The summed E-state index contributed by atoms with van der Waals surface area (Å²) in [4.78, 5) is 0. The van der Waals surface area contributed by atoms with Crippen LogP contribution in [0.2, 0.25) is 0 Å². The number of nitrogens with zero attached hydrogens (tertiary/aromatic N) is 2. The number of aromatic nitrogens is 3. The van der Waals surface area contributed by atoms with Crippen LogP contribution in [0.5, 0.6) is 0 Å². The number of rotatable bonds is 3. The normalized spacial score (nSPS) is 10.8. The zero-order chi connectivity index (χ0) is 14.8. The summed E-state index contributed by atoms with van der Waals surface area (Å²) in [6, 6.07) is 12.9.